The Kier molecular flexibility index (Phi) is 4.25. The van der Waals surface area contributed by atoms with Gasteiger partial charge in [0.25, 0.3) is 5.91 Å². The van der Waals surface area contributed by atoms with Crippen molar-refractivity contribution in [3.05, 3.63) is 29.3 Å². The number of carbonyl (C=O) groups is 1. The zero-order valence-electron chi connectivity index (χ0n) is 9.33. The summed E-state index contributed by atoms with van der Waals surface area (Å²) in [6.07, 6.45) is 0. The normalized spacial score (nSPS) is 9.62. The minimum absolute atomic E-state index is 0.0764. The average molecular weight is 237 g/mol. The van der Waals surface area contributed by atoms with Crippen LogP contribution in [0.25, 0.3) is 0 Å². The molecule has 0 unspecified atom stereocenters. The molecule has 1 amide bonds. The van der Waals surface area contributed by atoms with Crippen molar-refractivity contribution in [2.24, 2.45) is 5.73 Å². The molecular formula is C11H15N3OS. The molecule has 0 saturated heterocycles. The van der Waals surface area contributed by atoms with Gasteiger partial charge in [-0.1, -0.05) is 0 Å². The maximum absolute atomic E-state index is 11.5. The zero-order valence-corrected chi connectivity index (χ0v) is 10.1. The number of nitrogens with two attached hydrogens (primary N) is 1. The lowest BCUT2D eigenvalue weighted by atomic mass is 10.1. The first-order chi connectivity index (χ1) is 7.54. The number of hydrogen-bond donors (Lipinski definition) is 3. The van der Waals surface area contributed by atoms with E-state index >= 15 is 0 Å². The van der Waals surface area contributed by atoms with Gasteiger partial charge in [0, 0.05) is 17.8 Å². The third kappa shape index (κ3) is 3.20. The maximum atomic E-state index is 11.5. The van der Waals surface area contributed by atoms with Crippen LogP contribution in [0.2, 0.25) is 0 Å². The molecule has 5 heteroatoms. The lowest BCUT2D eigenvalue weighted by Crippen LogP contribution is -2.23. The van der Waals surface area contributed by atoms with Gasteiger partial charge in [0.05, 0.1) is 0 Å². The van der Waals surface area contributed by atoms with Crippen molar-refractivity contribution >= 4 is 28.9 Å². The van der Waals surface area contributed by atoms with E-state index in [1.165, 1.54) is 0 Å². The molecular weight excluding hydrogens is 222 g/mol. The summed E-state index contributed by atoms with van der Waals surface area (Å²) in [5.74, 6) is -0.0764. The molecule has 1 aromatic rings. The van der Waals surface area contributed by atoms with Crippen molar-refractivity contribution in [1.29, 1.82) is 0 Å². The van der Waals surface area contributed by atoms with E-state index in [-0.39, 0.29) is 11.0 Å². The highest BCUT2D eigenvalue weighted by Gasteiger charge is 2.06. The van der Waals surface area contributed by atoms with E-state index < -0.39 is 0 Å². The van der Waals surface area contributed by atoms with Gasteiger partial charge in [0.2, 0.25) is 0 Å². The number of aryl methyl sites for hydroxylation is 1. The standard InChI is InChI=1S/C11H15N3OS/c1-3-13-10(15)8-4-5-9(7(2)6-8)14-11(12)16/h4-6H,3H2,1-2H3,(H,13,15)(H3,12,14,16). The smallest absolute Gasteiger partial charge is 0.251 e. The summed E-state index contributed by atoms with van der Waals surface area (Å²) in [6.45, 7) is 4.39. The molecule has 0 aliphatic rings. The monoisotopic (exact) mass is 237 g/mol. The molecule has 0 bridgehead atoms. The second kappa shape index (κ2) is 5.46. The van der Waals surface area contributed by atoms with Crippen LogP contribution in [0.1, 0.15) is 22.8 Å². The van der Waals surface area contributed by atoms with Gasteiger partial charge in [-0.05, 0) is 49.8 Å². The van der Waals surface area contributed by atoms with E-state index in [1.54, 1.807) is 18.2 Å². The highest BCUT2D eigenvalue weighted by Crippen LogP contribution is 2.16. The van der Waals surface area contributed by atoms with E-state index in [2.05, 4.69) is 10.6 Å². The van der Waals surface area contributed by atoms with E-state index in [4.69, 9.17) is 18.0 Å². The van der Waals surface area contributed by atoms with Crippen LogP contribution in [0.3, 0.4) is 0 Å². The van der Waals surface area contributed by atoms with Gasteiger partial charge in [0.15, 0.2) is 5.11 Å². The molecule has 4 N–H and O–H groups in total. The number of thiocarbonyl (C=S) groups is 1. The first-order valence-electron chi connectivity index (χ1n) is 5.00. The summed E-state index contributed by atoms with van der Waals surface area (Å²) in [5.41, 5.74) is 7.76. The third-order valence-corrected chi connectivity index (χ3v) is 2.19. The molecule has 0 fully saturated rings. The topological polar surface area (TPSA) is 67.2 Å². The summed E-state index contributed by atoms with van der Waals surface area (Å²) in [6, 6.07) is 5.32. The molecule has 0 aliphatic heterocycles. The SMILES string of the molecule is CCNC(=O)c1ccc(NC(N)=S)c(C)c1. The highest BCUT2D eigenvalue weighted by atomic mass is 32.1. The van der Waals surface area contributed by atoms with Crippen LogP contribution in [0, 0.1) is 6.92 Å². The van der Waals surface area contributed by atoms with Crippen molar-refractivity contribution in [3.63, 3.8) is 0 Å². The van der Waals surface area contributed by atoms with Gasteiger partial charge >= 0.3 is 0 Å². The largest absolute Gasteiger partial charge is 0.376 e. The number of benzene rings is 1. The van der Waals surface area contributed by atoms with Crippen LogP contribution in [0.5, 0.6) is 0 Å². The Balaban J connectivity index is 2.90. The fourth-order valence-corrected chi connectivity index (χ4v) is 1.45. The third-order valence-electron chi connectivity index (χ3n) is 2.08. The van der Waals surface area contributed by atoms with Gasteiger partial charge < -0.3 is 16.4 Å². The number of carbonyl (C=O) groups excluding carboxylic acids is 1. The van der Waals surface area contributed by atoms with Crippen molar-refractivity contribution in [2.75, 3.05) is 11.9 Å². The molecule has 4 nitrogen and oxygen atoms in total. The lowest BCUT2D eigenvalue weighted by molar-refractivity contribution is 0.0956. The van der Waals surface area contributed by atoms with Crippen LogP contribution in [0.4, 0.5) is 5.69 Å². The minimum Gasteiger partial charge on any atom is -0.376 e. The van der Waals surface area contributed by atoms with Crippen LogP contribution in [-0.4, -0.2) is 17.6 Å². The van der Waals surface area contributed by atoms with Gasteiger partial charge in [-0.2, -0.15) is 0 Å². The molecule has 86 valence electrons. The lowest BCUT2D eigenvalue weighted by Gasteiger charge is -2.09. The van der Waals surface area contributed by atoms with Crippen molar-refractivity contribution in [2.45, 2.75) is 13.8 Å². The van der Waals surface area contributed by atoms with E-state index in [1.807, 2.05) is 13.8 Å². The predicted molar refractivity (Wildman–Crippen MR) is 69.6 cm³/mol. The number of amides is 1. The van der Waals surface area contributed by atoms with Gasteiger partial charge in [-0.15, -0.1) is 0 Å². The number of hydrogen-bond acceptors (Lipinski definition) is 2. The summed E-state index contributed by atoms with van der Waals surface area (Å²) in [4.78, 5) is 11.5. The van der Waals surface area contributed by atoms with Crippen LogP contribution >= 0.6 is 12.2 Å². The van der Waals surface area contributed by atoms with Crippen molar-refractivity contribution < 1.29 is 4.79 Å². The molecule has 1 rings (SSSR count). The molecule has 16 heavy (non-hydrogen) atoms. The summed E-state index contributed by atoms with van der Waals surface area (Å²) >= 11 is 4.75. The number of rotatable bonds is 3. The highest BCUT2D eigenvalue weighted by molar-refractivity contribution is 7.80. The summed E-state index contributed by atoms with van der Waals surface area (Å²) in [5, 5.41) is 5.80. The van der Waals surface area contributed by atoms with Crippen LogP contribution < -0.4 is 16.4 Å². The van der Waals surface area contributed by atoms with Crippen LogP contribution in [-0.2, 0) is 0 Å². The predicted octanol–water partition coefficient (Wildman–Crippen LogP) is 1.40. The van der Waals surface area contributed by atoms with Gasteiger partial charge in [0.1, 0.15) is 0 Å². The fourth-order valence-electron chi connectivity index (χ4n) is 1.34. The van der Waals surface area contributed by atoms with E-state index in [9.17, 15) is 4.79 Å². The first-order valence-corrected chi connectivity index (χ1v) is 5.40. The Labute approximate surface area is 100 Å². The maximum Gasteiger partial charge on any atom is 0.251 e. The number of nitrogens with one attached hydrogen (secondary N) is 2. The second-order valence-corrected chi connectivity index (χ2v) is 3.82. The Morgan fingerprint density at radius 3 is 2.69 bits per heavy atom. The first kappa shape index (κ1) is 12.4. The Bertz CT molecular complexity index is 418. The Hall–Kier alpha value is -1.62. The molecule has 0 aliphatic carbocycles. The molecule has 0 spiro atoms. The van der Waals surface area contributed by atoms with Crippen molar-refractivity contribution in [3.8, 4) is 0 Å². The molecule has 0 atom stereocenters. The minimum atomic E-state index is -0.0764. The Morgan fingerprint density at radius 1 is 1.50 bits per heavy atom. The molecule has 0 radical (unpaired) electrons. The van der Waals surface area contributed by atoms with E-state index in [0.717, 1.165) is 11.3 Å². The molecule has 0 heterocycles. The van der Waals surface area contributed by atoms with Gasteiger partial charge in [-0.3, -0.25) is 4.79 Å². The second-order valence-electron chi connectivity index (χ2n) is 3.38. The molecule has 0 saturated carbocycles. The van der Waals surface area contributed by atoms with Crippen LogP contribution in [0.15, 0.2) is 18.2 Å². The fraction of sp³-hybridized carbons (Fsp3) is 0.273. The summed E-state index contributed by atoms with van der Waals surface area (Å²) < 4.78 is 0. The molecule has 1 aromatic carbocycles. The number of anilines is 1. The van der Waals surface area contributed by atoms with Gasteiger partial charge in [-0.25, -0.2) is 0 Å². The zero-order chi connectivity index (χ0) is 12.1. The van der Waals surface area contributed by atoms with E-state index in [0.29, 0.717) is 12.1 Å². The van der Waals surface area contributed by atoms with Crippen molar-refractivity contribution in [1.82, 2.24) is 5.32 Å². The average Bonchev–Trinajstić information content (AvgIpc) is 2.20. The Morgan fingerprint density at radius 2 is 2.19 bits per heavy atom. The summed E-state index contributed by atoms with van der Waals surface area (Å²) in [7, 11) is 0. The quantitative estimate of drug-likeness (QED) is 0.695. The molecule has 0 aromatic heterocycles.